The van der Waals surface area contributed by atoms with Gasteiger partial charge in [0.1, 0.15) is 5.75 Å². The third-order valence-electron chi connectivity index (χ3n) is 3.23. The van der Waals surface area contributed by atoms with Crippen LogP contribution in [-0.2, 0) is 11.3 Å². The maximum Gasteiger partial charge on any atom is 0.233 e. The topological polar surface area (TPSA) is 38.3 Å². The van der Waals surface area contributed by atoms with Crippen LogP contribution in [0.15, 0.2) is 53.4 Å². The van der Waals surface area contributed by atoms with E-state index in [4.69, 9.17) is 16.3 Å². The third kappa shape index (κ3) is 6.10. The van der Waals surface area contributed by atoms with Gasteiger partial charge < -0.3 is 10.1 Å². The molecule has 1 amide bonds. The first kappa shape index (κ1) is 18.7. The van der Waals surface area contributed by atoms with Crippen LogP contribution in [0.1, 0.15) is 26.3 Å². The molecule has 0 bridgehead atoms. The van der Waals surface area contributed by atoms with Gasteiger partial charge in [0.2, 0.25) is 5.91 Å². The van der Waals surface area contributed by atoms with Crippen LogP contribution in [0.3, 0.4) is 0 Å². The maximum absolute atomic E-state index is 12.3. The highest BCUT2D eigenvalue weighted by Crippen LogP contribution is 2.24. The normalized spacial score (nSPS) is 12.0. The second-order valence-electron chi connectivity index (χ2n) is 5.75. The van der Waals surface area contributed by atoms with E-state index in [2.05, 4.69) is 5.32 Å². The number of halogens is 1. The van der Waals surface area contributed by atoms with E-state index in [1.165, 1.54) is 11.8 Å². The summed E-state index contributed by atoms with van der Waals surface area (Å²) in [5.74, 6) is 0.825. The molecule has 0 heterocycles. The smallest absolute Gasteiger partial charge is 0.233 e. The average Bonchev–Trinajstić information content (AvgIpc) is 2.54. The van der Waals surface area contributed by atoms with E-state index in [0.717, 1.165) is 16.2 Å². The largest absolute Gasteiger partial charge is 0.491 e. The van der Waals surface area contributed by atoms with E-state index in [0.29, 0.717) is 11.6 Å². The van der Waals surface area contributed by atoms with Crippen LogP contribution in [0.4, 0.5) is 0 Å². The van der Waals surface area contributed by atoms with Gasteiger partial charge in [0, 0.05) is 16.5 Å². The molecule has 1 N–H and O–H groups in total. The standard InChI is InChI=1S/C19H22ClNO2S/c1-13(2)23-17-6-4-5-15(11-17)12-21-19(22)14(3)24-18-9-7-16(20)8-10-18/h4-11,13-14H,12H2,1-3H3,(H,21,22). The Morgan fingerprint density at radius 2 is 1.88 bits per heavy atom. The fourth-order valence-electron chi connectivity index (χ4n) is 2.10. The minimum absolute atomic E-state index is 0.00475. The highest BCUT2D eigenvalue weighted by molar-refractivity contribution is 8.00. The summed E-state index contributed by atoms with van der Waals surface area (Å²) in [5, 5.41) is 3.48. The first-order valence-corrected chi connectivity index (χ1v) is 9.15. The molecule has 24 heavy (non-hydrogen) atoms. The lowest BCUT2D eigenvalue weighted by molar-refractivity contribution is -0.120. The first-order chi connectivity index (χ1) is 11.4. The number of nitrogens with one attached hydrogen (secondary N) is 1. The molecule has 0 aliphatic carbocycles. The zero-order chi connectivity index (χ0) is 17.5. The lowest BCUT2D eigenvalue weighted by Crippen LogP contribution is -2.30. The SMILES string of the molecule is CC(C)Oc1cccc(CNC(=O)C(C)Sc2ccc(Cl)cc2)c1. The Kier molecular flexibility index (Phi) is 7.00. The van der Waals surface area contributed by atoms with Crippen molar-refractivity contribution in [3.05, 3.63) is 59.1 Å². The predicted molar refractivity (Wildman–Crippen MR) is 101 cm³/mol. The molecule has 3 nitrogen and oxygen atoms in total. The molecule has 0 radical (unpaired) electrons. The van der Waals surface area contributed by atoms with Gasteiger partial charge in [-0.15, -0.1) is 11.8 Å². The summed E-state index contributed by atoms with van der Waals surface area (Å²) in [4.78, 5) is 13.3. The fraction of sp³-hybridized carbons (Fsp3) is 0.316. The number of rotatable bonds is 7. The summed E-state index contributed by atoms with van der Waals surface area (Å²) in [7, 11) is 0. The molecule has 128 valence electrons. The number of hydrogen-bond donors (Lipinski definition) is 1. The van der Waals surface area contributed by atoms with Gasteiger partial charge in [0.25, 0.3) is 0 Å². The molecule has 2 aromatic carbocycles. The molecule has 0 aliphatic rings. The lowest BCUT2D eigenvalue weighted by atomic mass is 10.2. The Labute approximate surface area is 152 Å². The molecule has 2 aromatic rings. The van der Waals surface area contributed by atoms with Crippen molar-refractivity contribution in [2.45, 2.75) is 43.6 Å². The highest BCUT2D eigenvalue weighted by Gasteiger charge is 2.14. The summed E-state index contributed by atoms with van der Waals surface area (Å²) in [6, 6.07) is 15.3. The van der Waals surface area contributed by atoms with Gasteiger partial charge in [-0.05, 0) is 62.7 Å². The van der Waals surface area contributed by atoms with Crippen molar-refractivity contribution in [2.24, 2.45) is 0 Å². The molecule has 5 heteroatoms. The Hall–Kier alpha value is -1.65. The lowest BCUT2D eigenvalue weighted by Gasteiger charge is -2.13. The quantitative estimate of drug-likeness (QED) is 0.709. The average molecular weight is 364 g/mol. The van der Waals surface area contributed by atoms with Gasteiger partial charge in [-0.1, -0.05) is 23.7 Å². The monoisotopic (exact) mass is 363 g/mol. The zero-order valence-electron chi connectivity index (χ0n) is 14.1. The van der Waals surface area contributed by atoms with Crippen LogP contribution in [0.2, 0.25) is 5.02 Å². The molecular weight excluding hydrogens is 342 g/mol. The minimum atomic E-state index is -0.179. The predicted octanol–water partition coefficient (Wildman–Crippen LogP) is 4.92. The van der Waals surface area contributed by atoms with Crippen LogP contribution < -0.4 is 10.1 Å². The number of carbonyl (C=O) groups is 1. The summed E-state index contributed by atoms with van der Waals surface area (Å²) in [5.41, 5.74) is 1.02. The van der Waals surface area contributed by atoms with Gasteiger partial charge in [-0.2, -0.15) is 0 Å². The number of ether oxygens (including phenoxy) is 1. The fourth-order valence-corrected chi connectivity index (χ4v) is 3.12. The van der Waals surface area contributed by atoms with Crippen molar-refractivity contribution >= 4 is 29.3 Å². The highest BCUT2D eigenvalue weighted by atomic mass is 35.5. The molecule has 0 spiro atoms. The van der Waals surface area contributed by atoms with Crippen LogP contribution in [-0.4, -0.2) is 17.3 Å². The molecule has 0 aromatic heterocycles. The number of amides is 1. The second-order valence-corrected chi connectivity index (χ2v) is 7.60. The van der Waals surface area contributed by atoms with Crippen molar-refractivity contribution in [3.63, 3.8) is 0 Å². The second kappa shape index (κ2) is 9.00. The molecule has 0 aliphatic heterocycles. The van der Waals surface area contributed by atoms with E-state index in [1.807, 2.05) is 69.3 Å². The van der Waals surface area contributed by atoms with Crippen LogP contribution in [0.5, 0.6) is 5.75 Å². The summed E-state index contributed by atoms with van der Waals surface area (Å²) < 4.78 is 5.67. The Bertz CT molecular complexity index is 673. The third-order valence-corrected chi connectivity index (χ3v) is 4.60. The first-order valence-electron chi connectivity index (χ1n) is 7.89. The van der Waals surface area contributed by atoms with Crippen LogP contribution >= 0.6 is 23.4 Å². The van der Waals surface area contributed by atoms with Crippen molar-refractivity contribution in [1.29, 1.82) is 0 Å². The van der Waals surface area contributed by atoms with Gasteiger partial charge in [0.15, 0.2) is 0 Å². The van der Waals surface area contributed by atoms with E-state index in [9.17, 15) is 4.79 Å². The molecule has 0 saturated carbocycles. The van der Waals surface area contributed by atoms with Crippen molar-refractivity contribution in [2.75, 3.05) is 0 Å². The van der Waals surface area contributed by atoms with Gasteiger partial charge >= 0.3 is 0 Å². The van der Waals surface area contributed by atoms with E-state index in [1.54, 1.807) is 0 Å². The summed E-state index contributed by atoms with van der Waals surface area (Å²) in [6.07, 6.45) is 0.130. The molecule has 0 fully saturated rings. The van der Waals surface area contributed by atoms with Crippen molar-refractivity contribution in [1.82, 2.24) is 5.32 Å². The molecule has 1 unspecified atom stereocenters. The van der Waals surface area contributed by atoms with Crippen molar-refractivity contribution < 1.29 is 9.53 Å². The zero-order valence-corrected chi connectivity index (χ0v) is 15.7. The molecule has 0 saturated heterocycles. The molecule has 1 atom stereocenters. The van der Waals surface area contributed by atoms with Crippen molar-refractivity contribution in [3.8, 4) is 5.75 Å². The minimum Gasteiger partial charge on any atom is -0.491 e. The Morgan fingerprint density at radius 1 is 1.17 bits per heavy atom. The van der Waals surface area contributed by atoms with Crippen LogP contribution in [0.25, 0.3) is 0 Å². The number of thioether (sulfide) groups is 1. The van der Waals surface area contributed by atoms with Gasteiger partial charge in [-0.3, -0.25) is 4.79 Å². The van der Waals surface area contributed by atoms with E-state index < -0.39 is 0 Å². The van der Waals surface area contributed by atoms with Crippen LogP contribution in [0, 0.1) is 0 Å². The summed E-state index contributed by atoms with van der Waals surface area (Å²) in [6.45, 7) is 6.36. The number of benzene rings is 2. The van der Waals surface area contributed by atoms with E-state index in [-0.39, 0.29) is 17.3 Å². The summed E-state index contributed by atoms with van der Waals surface area (Å²) >= 11 is 7.39. The number of hydrogen-bond acceptors (Lipinski definition) is 3. The Balaban J connectivity index is 1.86. The molecule has 2 rings (SSSR count). The Morgan fingerprint density at radius 3 is 2.54 bits per heavy atom. The van der Waals surface area contributed by atoms with Gasteiger partial charge in [-0.25, -0.2) is 0 Å². The van der Waals surface area contributed by atoms with E-state index >= 15 is 0 Å². The number of carbonyl (C=O) groups excluding carboxylic acids is 1. The maximum atomic E-state index is 12.3. The van der Waals surface area contributed by atoms with Gasteiger partial charge in [0.05, 0.1) is 11.4 Å². The molecular formula is C19H22ClNO2S.